The van der Waals surface area contributed by atoms with Crippen molar-refractivity contribution in [3.8, 4) is 0 Å². The number of halogens is 1. The second kappa shape index (κ2) is 10.6. The minimum absolute atomic E-state index is 0.107. The van der Waals surface area contributed by atoms with E-state index in [9.17, 15) is 14.0 Å². The third-order valence-electron chi connectivity index (χ3n) is 6.23. The normalized spacial score (nSPS) is 15.4. The Morgan fingerprint density at radius 3 is 2.42 bits per heavy atom. The molecule has 0 saturated heterocycles. The molecule has 2 amide bonds. The third kappa shape index (κ3) is 6.39. The Kier molecular flexibility index (Phi) is 7.83. The molecule has 0 aromatic heterocycles. The number of nitrogens with zero attached hydrogens (tertiary/aromatic N) is 1. The van der Waals surface area contributed by atoms with Gasteiger partial charge in [-0.1, -0.05) is 55.2 Å². The summed E-state index contributed by atoms with van der Waals surface area (Å²) in [5.74, 6) is -0.548. The first kappa shape index (κ1) is 23.0. The second-order valence-corrected chi connectivity index (χ2v) is 8.77. The first-order valence-corrected chi connectivity index (χ1v) is 11.2. The first-order valence-electron chi connectivity index (χ1n) is 11.2. The van der Waals surface area contributed by atoms with Crippen LogP contribution in [0.3, 0.4) is 0 Å². The Labute approximate surface area is 184 Å². The Hall–Kier alpha value is -2.69. The van der Waals surface area contributed by atoms with E-state index >= 15 is 0 Å². The summed E-state index contributed by atoms with van der Waals surface area (Å²) in [6, 6.07) is 11.7. The fourth-order valence-corrected chi connectivity index (χ4v) is 4.19. The molecule has 5 heteroatoms. The predicted molar refractivity (Wildman–Crippen MR) is 121 cm³/mol. The van der Waals surface area contributed by atoms with Gasteiger partial charge in [0.25, 0.3) is 0 Å². The summed E-state index contributed by atoms with van der Waals surface area (Å²) in [7, 11) is 0. The summed E-state index contributed by atoms with van der Waals surface area (Å²) in [6.07, 6.45) is 5.69. The van der Waals surface area contributed by atoms with E-state index in [0.717, 1.165) is 47.9 Å². The number of benzene rings is 2. The number of hydrogen-bond acceptors (Lipinski definition) is 2. The molecule has 31 heavy (non-hydrogen) atoms. The average Bonchev–Trinajstić information content (AvgIpc) is 2.76. The SMILES string of the molecule is Cc1ccc(C)c(CC(=O)N(Cc2ccc(F)cc2)C(C)C(=O)NC2CCCCC2)c1. The van der Waals surface area contributed by atoms with E-state index in [-0.39, 0.29) is 36.6 Å². The van der Waals surface area contributed by atoms with Gasteiger partial charge in [-0.05, 0) is 62.4 Å². The number of aryl methyl sites for hydroxylation is 2. The highest BCUT2D eigenvalue weighted by molar-refractivity contribution is 5.88. The van der Waals surface area contributed by atoms with Crippen molar-refractivity contribution in [2.45, 2.75) is 77.9 Å². The number of carbonyl (C=O) groups excluding carboxylic acids is 2. The van der Waals surface area contributed by atoms with E-state index in [2.05, 4.69) is 5.32 Å². The quantitative estimate of drug-likeness (QED) is 0.691. The zero-order valence-electron chi connectivity index (χ0n) is 18.8. The van der Waals surface area contributed by atoms with Crippen molar-refractivity contribution in [2.75, 3.05) is 0 Å². The number of hydrogen-bond donors (Lipinski definition) is 1. The second-order valence-electron chi connectivity index (χ2n) is 8.77. The van der Waals surface area contributed by atoms with Crippen molar-refractivity contribution in [3.63, 3.8) is 0 Å². The Morgan fingerprint density at radius 2 is 1.74 bits per heavy atom. The lowest BCUT2D eigenvalue weighted by atomic mass is 9.95. The van der Waals surface area contributed by atoms with Gasteiger partial charge in [0.15, 0.2) is 0 Å². The van der Waals surface area contributed by atoms with Crippen LogP contribution in [0.2, 0.25) is 0 Å². The summed E-state index contributed by atoms with van der Waals surface area (Å²) in [5, 5.41) is 3.14. The minimum atomic E-state index is -0.607. The molecule has 0 aliphatic heterocycles. The van der Waals surface area contributed by atoms with Crippen LogP contribution >= 0.6 is 0 Å². The molecule has 4 nitrogen and oxygen atoms in total. The monoisotopic (exact) mass is 424 g/mol. The van der Waals surface area contributed by atoms with Crippen LogP contribution < -0.4 is 5.32 Å². The molecule has 0 radical (unpaired) electrons. The number of nitrogens with one attached hydrogen (secondary N) is 1. The Balaban J connectivity index is 1.78. The summed E-state index contributed by atoms with van der Waals surface area (Å²) >= 11 is 0. The summed E-state index contributed by atoms with van der Waals surface area (Å²) in [5.41, 5.74) is 3.92. The van der Waals surface area contributed by atoms with E-state index in [1.165, 1.54) is 18.6 Å². The molecular formula is C26H33FN2O2. The molecule has 0 spiro atoms. The standard InChI is InChI=1S/C26H33FN2O2/c1-18-9-10-19(2)22(15-18)16-25(30)29(17-21-11-13-23(27)14-12-21)20(3)26(31)28-24-7-5-4-6-8-24/h9-15,20,24H,4-8,16-17H2,1-3H3,(H,28,31). The predicted octanol–water partition coefficient (Wildman–Crippen LogP) is 4.85. The van der Waals surface area contributed by atoms with Crippen molar-refractivity contribution >= 4 is 11.8 Å². The number of carbonyl (C=O) groups is 2. The molecule has 2 aromatic carbocycles. The van der Waals surface area contributed by atoms with Crippen molar-refractivity contribution in [3.05, 3.63) is 70.5 Å². The van der Waals surface area contributed by atoms with Crippen LogP contribution in [0.15, 0.2) is 42.5 Å². The van der Waals surface area contributed by atoms with Gasteiger partial charge in [0.05, 0.1) is 6.42 Å². The Bertz CT molecular complexity index is 904. The molecule has 166 valence electrons. The summed E-state index contributed by atoms with van der Waals surface area (Å²) < 4.78 is 13.4. The highest BCUT2D eigenvalue weighted by atomic mass is 19.1. The molecule has 1 fully saturated rings. The van der Waals surface area contributed by atoms with E-state index in [1.807, 2.05) is 32.0 Å². The zero-order chi connectivity index (χ0) is 22.4. The van der Waals surface area contributed by atoms with Crippen molar-refractivity contribution in [1.82, 2.24) is 10.2 Å². The van der Waals surface area contributed by atoms with Crippen LogP contribution in [0.4, 0.5) is 4.39 Å². The minimum Gasteiger partial charge on any atom is -0.352 e. The maximum Gasteiger partial charge on any atom is 0.242 e. The maximum absolute atomic E-state index is 13.4. The molecule has 0 heterocycles. The van der Waals surface area contributed by atoms with Gasteiger partial charge in [-0.2, -0.15) is 0 Å². The molecule has 1 N–H and O–H groups in total. The van der Waals surface area contributed by atoms with Crippen LogP contribution in [-0.4, -0.2) is 28.8 Å². The molecule has 1 aliphatic rings. The topological polar surface area (TPSA) is 49.4 Å². The highest BCUT2D eigenvalue weighted by Crippen LogP contribution is 2.19. The van der Waals surface area contributed by atoms with Gasteiger partial charge in [0, 0.05) is 12.6 Å². The van der Waals surface area contributed by atoms with Gasteiger partial charge in [-0.25, -0.2) is 4.39 Å². The van der Waals surface area contributed by atoms with Gasteiger partial charge in [-0.15, -0.1) is 0 Å². The lowest BCUT2D eigenvalue weighted by molar-refractivity contribution is -0.140. The average molecular weight is 425 g/mol. The number of rotatable bonds is 7. The van der Waals surface area contributed by atoms with Gasteiger partial charge in [-0.3, -0.25) is 9.59 Å². The van der Waals surface area contributed by atoms with E-state index in [1.54, 1.807) is 24.0 Å². The summed E-state index contributed by atoms with van der Waals surface area (Å²) in [4.78, 5) is 28.0. The largest absolute Gasteiger partial charge is 0.352 e. The first-order chi connectivity index (χ1) is 14.8. The molecule has 0 bridgehead atoms. The van der Waals surface area contributed by atoms with E-state index in [0.29, 0.717) is 0 Å². The van der Waals surface area contributed by atoms with Gasteiger partial charge >= 0.3 is 0 Å². The van der Waals surface area contributed by atoms with Crippen molar-refractivity contribution in [2.24, 2.45) is 0 Å². The van der Waals surface area contributed by atoms with Gasteiger partial charge in [0.1, 0.15) is 11.9 Å². The summed E-state index contributed by atoms with van der Waals surface area (Å²) in [6.45, 7) is 6.04. The Morgan fingerprint density at radius 1 is 1.06 bits per heavy atom. The van der Waals surface area contributed by atoms with Crippen LogP contribution in [0, 0.1) is 19.7 Å². The molecular weight excluding hydrogens is 391 g/mol. The zero-order valence-corrected chi connectivity index (χ0v) is 18.8. The van der Waals surface area contributed by atoms with Gasteiger partial charge in [0.2, 0.25) is 11.8 Å². The van der Waals surface area contributed by atoms with Crippen molar-refractivity contribution < 1.29 is 14.0 Å². The fourth-order valence-electron chi connectivity index (χ4n) is 4.19. The van der Waals surface area contributed by atoms with Crippen LogP contribution in [0.25, 0.3) is 0 Å². The third-order valence-corrected chi connectivity index (χ3v) is 6.23. The van der Waals surface area contributed by atoms with Crippen LogP contribution in [0.1, 0.15) is 61.3 Å². The lowest BCUT2D eigenvalue weighted by Crippen LogP contribution is -2.50. The highest BCUT2D eigenvalue weighted by Gasteiger charge is 2.28. The lowest BCUT2D eigenvalue weighted by Gasteiger charge is -2.31. The van der Waals surface area contributed by atoms with Crippen LogP contribution in [-0.2, 0) is 22.6 Å². The molecule has 1 atom stereocenters. The molecule has 1 aliphatic carbocycles. The number of amides is 2. The molecule has 1 unspecified atom stereocenters. The van der Waals surface area contributed by atoms with Crippen LogP contribution in [0.5, 0.6) is 0 Å². The maximum atomic E-state index is 13.4. The van der Waals surface area contributed by atoms with Crippen molar-refractivity contribution in [1.29, 1.82) is 0 Å². The smallest absolute Gasteiger partial charge is 0.242 e. The molecule has 1 saturated carbocycles. The molecule has 2 aromatic rings. The molecule has 3 rings (SSSR count). The van der Waals surface area contributed by atoms with Gasteiger partial charge < -0.3 is 10.2 Å². The fraction of sp³-hybridized carbons (Fsp3) is 0.462. The van der Waals surface area contributed by atoms with E-state index < -0.39 is 6.04 Å². The van der Waals surface area contributed by atoms with E-state index in [4.69, 9.17) is 0 Å².